The van der Waals surface area contributed by atoms with E-state index in [2.05, 4.69) is 28.5 Å². The van der Waals surface area contributed by atoms with E-state index in [9.17, 15) is 0 Å². The lowest BCUT2D eigenvalue weighted by molar-refractivity contribution is 0.341. The van der Waals surface area contributed by atoms with E-state index in [-0.39, 0.29) is 0 Å². The Kier molecular flexibility index (Phi) is 3.24. The number of fused-ring (bicyclic) bond motifs is 1. The van der Waals surface area contributed by atoms with Crippen molar-refractivity contribution >= 4 is 10.9 Å². The molecular formula is C15H20N2O. The van der Waals surface area contributed by atoms with Gasteiger partial charge in [-0.05, 0) is 50.6 Å². The van der Waals surface area contributed by atoms with Gasteiger partial charge in [-0.1, -0.05) is 0 Å². The monoisotopic (exact) mass is 244 g/mol. The van der Waals surface area contributed by atoms with Gasteiger partial charge in [0.25, 0.3) is 0 Å². The highest BCUT2D eigenvalue weighted by atomic mass is 16.5. The molecule has 18 heavy (non-hydrogen) atoms. The van der Waals surface area contributed by atoms with Crippen molar-refractivity contribution in [1.29, 1.82) is 0 Å². The van der Waals surface area contributed by atoms with E-state index in [0.29, 0.717) is 5.92 Å². The van der Waals surface area contributed by atoms with Gasteiger partial charge in [0.2, 0.25) is 0 Å². The van der Waals surface area contributed by atoms with E-state index in [4.69, 9.17) is 4.74 Å². The fourth-order valence-corrected chi connectivity index (χ4v) is 2.73. The summed E-state index contributed by atoms with van der Waals surface area (Å²) in [4.78, 5) is 3.54. The molecule has 1 atom stereocenters. The number of nitrogens with one attached hydrogen (secondary N) is 2. The molecule has 3 heteroatoms. The molecule has 3 rings (SSSR count). The molecule has 2 aromatic rings. The highest BCUT2D eigenvalue weighted by Crippen LogP contribution is 2.28. The maximum Gasteiger partial charge on any atom is 0.120 e. The van der Waals surface area contributed by atoms with Crippen molar-refractivity contribution in [3.05, 3.63) is 30.0 Å². The zero-order valence-corrected chi connectivity index (χ0v) is 10.8. The first-order valence-electron chi connectivity index (χ1n) is 6.83. The molecule has 1 aromatic carbocycles. The molecule has 0 bridgehead atoms. The maximum atomic E-state index is 5.54. The summed E-state index contributed by atoms with van der Waals surface area (Å²) in [6.07, 6.45) is 2.54. The second-order valence-corrected chi connectivity index (χ2v) is 4.95. The molecule has 96 valence electrons. The molecule has 0 saturated carbocycles. The third kappa shape index (κ3) is 2.23. The second-order valence-electron chi connectivity index (χ2n) is 4.95. The minimum Gasteiger partial charge on any atom is -0.494 e. The predicted octanol–water partition coefficient (Wildman–Crippen LogP) is 3.03. The van der Waals surface area contributed by atoms with Crippen LogP contribution in [0.15, 0.2) is 24.3 Å². The van der Waals surface area contributed by atoms with Gasteiger partial charge < -0.3 is 15.0 Å². The molecule has 1 fully saturated rings. The van der Waals surface area contributed by atoms with Crippen molar-refractivity contribution in [1.82, 2.24) is 10.3 Å². The fourth-order valence-electron chi connectivity index (χ4n) is 2.73. The van der Waals surface area contributed by atoms with E-state index >= 15 is 0 Å². The highest BCUT2D eigenvalue weighted by Gasteiger charge is 2.17. The van der Waals surface area contributed by atoms with Crippen molar-refractivity contribution in [3.63, 3.8) is 0 Å². The SMILES string of the molecule is CCOc1ccc2[nH]c(C3CCCNC3)cc2c1. The molecule has 2 heterocycles. The summed E-state index contributed by atoms with van der Waals surface area (Å²) in [6.45, 7) is 4.98. The molecule has 3 nitrogen and oxygen atoms in total. The molecule has 0 spiro atoms. The normalized spacial score (nSPS) is 20.2. The number of aromatic nitrogens is 1. The molecule has 1 aliphatic rings. The van der Waals surface area contributed by atoms with Gasteiger partial charge in [0, 0.05) is 29.1 Å². The predicted molar refractivity (Wildman–Crippen MR) is 74.3 cm³/mol. The summed E-state index contributed by atoms with van der Waals surface area (Å²) >= 11 is 0. The number of aromatic amines is 1. The number of hydrogen-bond donors (Lipinski definition) is 2. The van der Waals surface area contributed by atoms with Gasteiger partial charge in [0.05, 0.1) is 6.61 Å². The van der Waals surface area contributed by atoms with Gasteiger partial charge in [-0.25, -0.2) is 0 Å². The van der Waals surface area contributed by atoms with Crippen LogP contribution in [0.25, 0.3) is 10.9 Å². The first-order valence-corrected chi connectivity index (χ1v) is 6.83. The molecule has 0 aliphatic carbocycles. The maximum absolute atomic E-state index is 5.54. The van der Waals surface area contributed by atoms with E-state index in [1.54, 1.807) is 0 Å². The van der Waals surface area contributed by atoms with Gasteiger partial charge in [-0.3, -0.25) is 0 Å². The number of hydrogen-bond acceptors (Lipinski definition) is 2. The fraction of sp³-hybridized carbons (Fsp3) is 0.467. The van der Waals surface area contributed by atoms with Crippen molar-refractivity contribution in [2.75, 3.05) is 19.7 Å². The summed E-state index contributed by atoms with van der Waals surface area (Å²) < 4.78 is 5.54. The van der Waals surface area contributed by atoms with E-state index in [1.165, 1.54) is 29.4 Å². The van der Waals surface area contributed by atoms with Crippen LogP contribution in [0.4, 0.5) is 0 Å². The van der Waals surface area contributed by atoms with Crippen LogP contribution in [-0.2, 0) is 0 Å². The average Bonchev–Trinajstić information content (AvgIpc) is 2.83. The Balaban J connectivity index is 1.89. The van der Waals surface area contributed by atoms with Crippen LogP contribution in [0.2, 0.25) is 0 Å². The number of piperidine rings is 1. The Morgan fingerprint density at radius 3 is 3.06 bits per heavy atom. The molecule has 1 aromatic heterocycles. The first kappa shape index (κ1) is 11.6. The van der Waals surface area contributed by atoms with E-state index in [1.807, 2.05) is 13.0 Å². The number of ether oxygens (including phenoxy) is 1. The Morgan fingerprint density at radius 2 is 2.28 bits per heavy atom. The summed E-state index contributed by atoms with van der Waals surface area (Å²) in [6, 6.07) is 8.54. The number of benzene rings is 1. The van der Waals surface area contributed by atoms with Gasteiger partial charge in [-0.15, -0.1) is 0 Å². The molecular weight excluding hydrogens is 224 g/mol. The van der Waals surface area contributed by atoms with Crippen LogP contribution in [-0.4, -0.2) is 24.7 Å². The standard InChI is InChI=1S/C15H20N2O/c1-2-18-13-5-6-14-12(8-13)9-15(17-14)11-4-3-7-16-10-11/h5-6,8-9,11,16-17H,2-4,7,10H2,1H3. The van der Waals surface area contributed by atoms with Crippen LogP contribution in [0, 0.1) is 0 Å². The zero-order chi connectivity index (χ0) is 12.4. The third-order valence-electron chi connectivity index (χ3n) is 3.66. The minimum atomic E-state index is 0.627. The van der Waals surface area contributed by atoms with Crippen molar-refractivity contribution in [2.24, 2.45) is 0 Å². The lowest BCUT2D eigenvalue weighted by Gasteiger charge is -2.21. The molecule has 1 unspecified atom stereocenters. The van der Waals surface area contributed by atoms with Gasteiger partial charge in [-0.2, -0.15) is 0 Å². The molecule has 1 saturated heterocycles. The molecule has 1 aliphatic heterocycles. The number of rotatable bonds is 3. The summed E-state index contributed by atoms with van der Waals surface area (Å²) in [5, 5.41) is 4.72. The lowest BCUT2D eigenvalue weighted by Crippen LogP contribution is -2.28. The Morgan fingerprint density at radius 1 is 1.33 bits per heavy atom. The highest BCUT2D eigenvalue weighted by molar-refractivity contribution is 5.82. The topological polar surface area (TPSA) is 37.0 Å². The van der Waals surface area contributed by atoms with Crippen LogP contribution >= 0.6 is 0 Å². The third-order valence-corrected chi connectivity index (χ3v) is 3.66. The van der Waals surface area contributed by atoms with Gasteiger partial charge in [0.15, 0.2) is 0 Å². The molecule has 2 N–H and O–H groups in total. The van der Waals surface area contributed by atoms with E-state index in [0.717, 1.165) is 25.4 Å². The molecule has 0 radical (unpaired) electrons. The smallest absolute Gasteiger partial charge is 0.120 e. The van der Waals surface area contributed by atoms with Crippen LogP contribution in [0.5, 0.6) is 5.75 Å². The lowest BCUT2D eigenvalue weighted by atomic mass is 9.96. The Hall–Kier alpha value is -1.48. The van der Waals surface area contributed by atoms with Crippen LogP contribution in [0.3, 0.4) is 0 Å². The molecule has 0 amide bonds. The summed E-state index contributed by atoms with van der Waals surface area (Å²) in [5.41, 5.74) is 2.56. The number of H-pyrrole nitrogens is 1. The van der Waals surface area contributed by atoms with Crippen molar-refractivity contribution < 1.29 is 4.74 Å². The largest absolute Gasteiger partial charge is 0.494 e. The minimum absolute atomic E-state index is 0.627. The second kappa shape index (κ2) is 5.02. The Bertz CT molecular complexity index is 526. The quantitative estimate of drug-likeness (QED) is 0.870. The summed E-state index contributed by atoms with van der Waals surface area (Å²) in [7, 11) is 0. The van der Waals surface area contributed by atoms with Crippen molar-refractivity contribution in [2.45, 2.75) is 25.7 Å². The van der Waals surface area contributed by atoms with Crippen LogP contribution in [0.1, 0.15) is 31.4 Å². The van der Waals surface area contributed by atoms with Gasteiger partial charge in [0.1, 0.15) is 5.75 Å². The van der Waals surface area contributed by atoms with Crippen molar-refractivity contribution in [3.8, 4) is 5.75 Å². The zero-order valence-electron chi connectivity index (χ0n) is 10.8. The summed E-state index contributed by atoms with van der Waals surface area (Å²) in [5.74, 6) is 1.58. The van der Waals surface area contributed by atoms with E-state index < -0.39 is 0 Å². The Labute approximate surface area is 108 Å². The van der Waals surface area contributed by atoms with Crippen LogP contribution < -0.4 is 10.1 Å². The van der Waals surface area contributed by atoms with Gasteiger partial charge >= 0.3 is 0 Å². The average molecular weight is 244 g/mol. The first-order chi connectivity index (χ1) is 8.86.